The maximum atomic E-state index is 6.04. The van der Waals surface area contributed by atoms with E-state index in [4.69, 9.17) is 10.5 Å². The van der Waals surface area contributed by atoms with E-state index in [0.717, 1.165) is 31.1 Å². The van der Waals surface area contributed by atoms with E-state index in [-0.39, 0.29) is 0 Å². The molecule has 1 atom stereocenters. The van der Waals surface area contributed by atoms with Crippen molar-refractivity contribution in [2.75, 3.05) is 43.9 Å². The summed E-state index contributed by atoms with van der Waals surface area (Å²) in [6, 6.07) is 4.36. The summed E-state index contributed by atoms with van der Waals surface area (Å²) >= 11 is 0. The van der Waals surface area contributed by atoms with Crippen molar-refractivity contribution in [3.63, 3.8) is 0 Å². The second kappa shape index (κ2) is 4.65. The fourth-order valence-corrected chi connectivity index (χ4v) is 2.99. The molecule has 18 heavy (non-hydrogen) atoms. The van der Waals surface area contributed by atoms with E-state index in [2.05, 4.69) is 14.8 Å². The molecule has 2 saturated heterocycles. The van der Waals surface area contributed by atoms with Gasteiger partial charge in [0.05, 0.1) is 12.8 Å². The van der Waals surface area contributed by atoms with Crippen LogP contribution in [0.3, 0.4) is 0 Å². The van der Waals surface area contributed by atoms with Gasteiger partial charge in [0.1, 0.15) is 0 Å². The van der Waals surface area contributed by atoms with Crippen LogP contribution in [0.25, 0.3) is 0 Å². The lowest BCUT2D eigenvalue weighted by atomic mass is 10.1. The third-order valence-corrected chi connectivity index (χ3v) is 3.98. The maximum Gasteiger partial charge on any atom is 0.215 e. The number of methoxy groups -OCH3 is 1. The van der Waals surface area contributed by atoms with E-state index >= 15 is 0 Å². The fraction of sp³-hybridized carbons (Fsp3) is 0.615. The van der Waals surface area contributed by atoms with Crippen molar-refractivity contribution in [1.29, 1.82) is 0 Å². The molecule has 1 aromatic rings. The molecular formula is C13H20N4O. The van der Waals surface area contributed by atoms with Crippen LogP contribution < -0.4 is 15.4 Å². The number of fused-ring (bicyclic) bond motifs is 1. The highest BCUT2D eigenvalue weighted by Crippen LogP contribution is 2.29. The fourth-order valence-electron chi connectivity index (χ4n) is 2.99. The van der Waals surface area contributed by atoms with Crippen molar-refractivity contribution in [3.05, 3.63) is 12.1 Å². The molecule has 2 aliphatic rings. The zero-order valence-corrected chi connectivity index (χ0v) is 10.8. The summed E-state index contributed by atoms with van der Waals surface area (Å²) in [6.45, 7) is 4.40. The number of nitrogens with zero attached hydrogens (tertiary/aromatic N) is 3. The molecule has 2 N–H and O–H groups in total. The van der Waals surface area contributed by atoms with E-state index in [9.17, 15) is 0 Å². The van der Waals surface area contributed by atoms with Gasteiger partial charge in [-0.3, -0.25) is 4.90 Å². The standard InChI is InChI=1S/C13H20N4O/c1-18-12-5-4-11(14)13(15-12)17-8-7-16-6-2-3-10(16)9-17/h4-5,10H,2-3,6-9,14H2,1H3. The molecule has 3 rings (SSSR count). The molecule has 0 bridgehead atoms. The summed E-state index contributed by atoms with van der Waals surface area (Å²) < 4.78 is 5.18. The second-order valence-electron chi connectivity index (χ2n) is 5.04. The SMILES string of the molecule is COc1ccc(N)c(N2CCN3CCCC3C2)n1. The normalized spacial score (nSPS) is 24.1. The predicted octanol–water partition coefficient (Wildman–Crippen LogP) is 0.957. The number of piperazine rings is 1. The van der Waals surface area contributed by atoms with Crippen LogP contribution in [0, 0.1) is 0 Å². The number of aromatic nitrogens is 1. The molecule has 2 fully saturated rings. The first-order chi connectivity index (χ1) is 8.78. The largest absolute Gasteiger partial charge is 0.481 e. The van der Waals surface area contributed by atoms with Crippen LogP contribution in [0.15, 0.2) is 12.1 Å². The third-order valence-electron chi connectivity index (χ3n) is 3.98. The highest BCUT2D eigenvalue weighted by molar-refractivity contribution is 5.64. The van der Waals surface area contributed by atoms with Gasteiger partial charge in [-0.2, -0.15) is 4.98 Å². The summed E-state index contributed by atoms with van der Waals surface area (Å²) in [5.74, 6) is 1.51. The summed E-state index contributed by atoms with van der Waals surface area (Å²) in [7, 11) is 1.64. The molecule has 98 valence electrons. The summed E-state index contributed by atoms with van der Waals surface area (Å²) in [5.41, 5.74) is 6.78. The van der Waals surface area contributed by atoms with Gasteiger partial charge in [0.15, 0.2) is 5.82 Å². The molecule has 0 amide bonds. The molecular weight excluding hydrogens is 228 g/mol. The van der Waals surface area contributed by atoms with Gasteiger partial charge < -0.3 is 15.4 Å². The van der Waals surface area contributed by atoms with Crippen LogP contribution in [0.1, 0.15) is 12.8 Å². The lowest BCUT2D eigenvalue weighted by molar-refractivity contribution is 0.230. The topological polar surface area (TPSA) is 54.6 Å². The zero-order valence-electron chi connectivity index (χ0n) is 10.8. The van der Waals surface area contributed by atoms with E-state index < -0.39 is 0 Å². The molecule has 0 aromatic carbocycles. The van der Waals surface area contributed by atoms with Crippen LogP contribution in [-0.2, 0) is 0 Å². The third kappa shape index (κ3) is 1.99. The van der Waals surface area contributed by atoms with Crippen molar-refractivity contribution < 1.29 is 4.74 Å². The Balaban J connectivity index is 1.82. The smallest absolute Gasteiger partial charge is 0.215 e. The van der Waals surface area contributed by atoms with Gasteiger partial charge in [0, 0.05) is 31.7 Å². The molecule has 1 aromatic heterocycles. The van der Waals surface area contributed by atoms with E-state index in [1.807, 2.05) is 12.1 Å². The predicted molar refractivity (Wildman–Crippen MR) is 72.0 cm³/mol. The summed E-state index contributed by atoms with van der Waals surface area (Å²) in [4.78, 5) is 9.36. The lowest BCUT2D eigenvalue weighted by Gasteiger charge is -2.38. The highest BCUT2D eigenvalue weighted by atomic mass is 16.5. The van der Waals surface area contributed by atoms with Crippen LogP contribution in [0.2, 0.25) is 0 Å². The minimum absolute atomic E-state index is 0.632. The van der Waals surface area contributed by atoms with E-state index in [0.29, 0.717) is 11.9 Å². The Morgan fingerprint density at radius 1 is 1.33 bits per heavy atom. The van der Waals surface area contributed by atoms with Crippen molar-refractivity contribution in [1.82, 2.24) is 9.88 Å². The average Bonchev–Trinajstić information content (AvgIpc) is 2.86. The number of nitrogen functional groups attached to an aromatic ring is 1. The number of rotatable bonds is 2. The lowest BCUT2D eigenvalue weighted by Crippen LogP contribution is -2.50. The van der Waals surface area contributed by atoms with Crippen molar-refractivity contribution in [3.8, 4) is 5.88 Å². The van der Waals surface area contributed by atoms with Crippen LogP contribution in [0.5, 0.6) is 5.88 Å². The Bertz CT molecular complexity index is 437. The Labute approximate surface area is 108 Å². The quantitative estimate of drug-likeness (QED) is 0.844. The minimum Gasteiger partial charge on any atom is -0.481 e. The number of hydrogen-bond acceptors (Lipinski definition) is 5. The molecule has 0 saturated carbocycles. The van der Waals surface area contributed by atoms with Crippen molar-refractivity contribution in [2.45, 2.75) is 18.9 Å². The molecule has 2 aliphatic heterocycles. The first-order valence-corrected chi connectivity index (χ1v) is 6.57. The number of nitrogens with two attached hydrogens (primary N) is 1. The summed E-state index contributed by atoms with van der Waals surface area (Å²) in [5, 5.41) is 0. The first kappa shape index (κ1) is 11.6. The van der Waals surface area contributed by atoms with Gasteiger partial charge in [-0.15, -0.1) is 0 Å². The van der Waals surface area contributed by atoms with Crippen LogP contribution in [-0.4, -0.2) is 49.2 Å². The van der Waals surface area contributed by atoms with Gasteiger partial charge in [-0.1, -0.05) is 0 Å². The number of ether oxygens (including phenoxy) is 1. The van der Waals surface area contributed by atoms with Gasteiger partial charge >= 0.3 is 0 Å². The zero-order chi connectivity index (χ0) is 12.5. The van der Waals surface area contributed by atoms with Gasteiger partial charge in [-0.05, 0) is 25.5 Å². The average molecular weight is 248 g/mol. The summed E-state index contributed by atoms with van der Waals surface area (Å²) in [6.07, 6.45) is 2.61. The Hall–Kier alpha value is -1.49. The minimum atomic E-state index is 0.632. The number of anilines is 2. The molecule has 5 heteroatoms. The van der Waals surface area contributed by atoms with Crippen LogP contribution in [0.4, 0.5) is 11.5 Å². The Morgan fingerprint density at radius 3 is 3.06 bits per heavy atom. The van der Waals surface area contributed by atoms with Gasteiger partial charge in [0.25, 0.3) is 0 Å². The molecule has 0 spiro atoms. The van der Waals surface area contributed by atoms with Gasteiger partial charge in [-0.25, -0.2) is 0 Å². The monoisotopic (exact) mass is 248 g/mol. The number of pyridine rings is 1. The van der Waals surface area contributed by atoms with Crippen LogP contribution >= 0.6 is 0 Å². The second-order valence-corrected chi connectivity index (χ2v) is 5.04. The molecule has 3 heterocycles. The first-order valence-electron chi connectivity index (χ1n) is 6.57. The van der Waals surface area contributed by atoms with Gasteiger partial charge in [0.2, 0.25) is 5.88 Å². The molecule has 5 nitrogen and oxygen atoms in total. The molecule has 1 unspecified atom stereocenters. The van der Waals surface area contributed by atoms with E-state index in [1.165, 1.54) is 19.4 Å². The molecule has 0 radical (unpaired) electrons. The molecule has 0 aliphatic carbocycles. The van der Waals surface area contributed by atoms with E-state index in [1.54, 1.807) is 7.11 Å². The number of hydrogen-bond donors (Lipinski definition) is 1. The Kier molecular flexibility index (Phi) is 2.99. The van der Waals surface area contributed by atoms with Crippen molar-refractivity contribution >= 4 is 11.5 Å². The maximum absolute atomic E-state index is 6.04. The Morgan fingerprint density at radius 2 is 2.22 bits per heavy atom. The van der Waals surface area contributed by atoms with Crippen molar-refractivity contribution in [2.24, 2.45) is 0 Å². The highest BCUT2D eigenvalue weighted by Gasteiger charge is 2.31.